The van der Waals surface area contributed by atoms with Gasteiger partial charge in [0.15, 0.2) is 0 Å². The van der Waals surface area contributed by atoms with Gasteiger partial charge in [-0.3, -0.25) is 4.79 Å². The molecule has 1 N–H and O–H groups in total. The lowest BCUT2D eigenvalue weighted by Crippen LogP contribution is -2.53. The number of urea groups is 1. The number of carbonyl (C=O) groups is 2. The third-order valence-electron chi connectivity index (χ3n) is 4.86. The van der Waals surface area contributed by atoms with Gasteiger partial charge in [0.2, 0.25) is 0 Å². The Kier molecular flexibility index (Phi) is 6.49. The van der Waals surface area contributed by atoms with Crippen LogP contribution in [-0.2, 0) is 4.79 Å². The minimum Gasteiger partial charge on any atom is -0.481 e. The summed E-state index contributed by atoms with van der Waals surface area (Å²) >= 11 is 0. The number of hydrogen-bond acceptors (Lipinski definition) is 2. The predicted molar refractivity (Wildman–Crippen MR) is 83.3 cm³/mol. The molecule has 0 aromatic heterocycles. The maximum Gasteiger partial charge on any atom is 0.320 e. The number of rotatable bonds is 6. The van der Waals surface area contributed by atoms with Crippen molar-refractivity contribution in [3.8, 4) is 0 Å². The largest absolute Gasteiger partial charge is 0.481 e. The van der Waals surface area contributed by atoms with Crippen LogP contribution in [-0.4, -0.2) is 53.1 Å². The highest BCUT2D eigenvalue weighted by Gasteiger charge is 2.42. The van der Waals surface area contributed by atoms with Crippen molar-refractivity contribution in [2.45, 2.75) is 53.4 Å². The first-order valence-electron chi connectivity index (χ1n) is 8.17. The van der Waals surface area contributed by atoms with Crippen LogP contribution in [0.4, 0.5) is 4.79 Å². The van der Waals surface area contributed by atoms with Gasteiger partial charge in [-0.15, -0.1) is 0 Å². The van der Waals surface area contributed by atoms with Crippen LogP contribution in [0.2, 0.25) is 0 Å². The van der Waals surface area contributed by atoms with Gasteiger partial charge in [0.1, 0.15) is 0 Å². The van der Waals surface area contributed by atoms with Gasteiger partial charge in [-0.1, -0.05) is 27.2 Å². The molecule has 2 unspecified atom stereocenters. The number of likely N-dealkylation sites (tertiary alicyclic amines) is 1. The second-order valence-corrected chi connectivity index (χ2v) is 6.30. The Hall–Kier alpha value is -1.26. The van der Waals surface area contributed by atoms with Crippen LogP contribution in [0.5, 0.6) is 0 Å². The SMILES string of the molecule is CCC(C)CN(CC)C(=O)N1CCCC(CC)(C(=O)O)C1. The van der Waals surface area contributed by atoms with E-state index in [9.17, 15) is 14.7 Å². The molecular formula is C16H30N2O3. The zero-order valence-corrected chi connectivity index (χ0v) is 13.9. The number of piperidine rings is 1. The van der Waals surface area contributed by atoms with Gasteiger partial charge in [0.05, 0.1) is 5.41 Å². The average Bonchev–Trinajstić information content (AvgIpc) is 2.51. The highest BCUT2D eigenvalue weighted by Crippen LogP contribution is 2.34. The summed E-state index contributed by atoms with van der Waals surface area (Å²) in [5.41, 5.74) is -0.760. The Bertz CT molecular complexity index is 373. The standard InChI is InChI=1S/C16H30N2O3/c1-5-13(4)11-17(7-3)15(21)18-10-8-9-16(6-2,12-18)14(19)20/h13H,5-12H2,1-4H3,(H,19,20). The monoisotopic (exact) mass is 298 g/mol. The van der Waals surface area contributed by atoms with Crippen molar-refractivity contribution >= 4 is 12.0 Å². The van der Waals surface area contributed by atoms with E-state index in [-0.39, 0.29) is 6.03 Å². The normalized spacial score (nSPS) is 23.7. The van der Waals surface area contributed by atoms with Crippen molar-refractivity contribution in [2.75, 3.05) is 26.2 Å². The summed E-state index contributed by atoms with van der Waals surface area (Å²) in [5, 5.41) is 9.52. The lowest BCUT2D eigenvalue weighted by atomic mass is 9.78. The number of nitrogens with zero attached hydrogens (tertiary/aromatic N) is 2. The fourth-order valence-corrected chi connectivity index (χ4v) is 2.96. The van der Waals surface area contributed by atoms with E-state index in [1.54, 1.807) is 4.90 Å². The number of amides is 2. The van der Waals surface area contributed by atoms with Gasteiger partial charge in [-0.2, -0.15) is 0 Å². The van der Waals surface area contributed by atoms with E-state index >= 15 is 0 Å². The Morgan fingerprint density at radius 3 is 2.48 bits per heavy atom. The maximum absolute atomic E-state index is 12.7. The van der Waals surface area contributed by atoms with E-state index < -0.39 is 11.4 Å². The summed E-state index contributed by atoms with van der Waals surface area (Å²) in [7, 11) is 0. The van der Waals surface area contributed by atoms with E-state index in [1.165, 1.54) is 0 Å². The Labute approximate surface area is 128 Å². The van der Waals surface area contributed by atoms with E-state index in [2.05, 4.69) is 13.8 Å². The molecule has 1 aliphatic heterocycles. The number of hydrogen-bond donors (Lipinski definition) is 1. The molecule has 122 valence electrons. The lowest BCUT2D eigenvalue weighted by Gasteiger charge is -2.41. The molecule has 0 bridgehead atoms. The molecule has 0 saturated carbocycles. The first-order valence-corrected chi connectivity index (χ1v) is 8.17. The molecule has 1 fully saturated rings. The third-order valence-corrected chi connectivity index (χ3v) is 4.86. The van der Waals surface area contributed by atoms with Gasteiger partial charge < -0.3 is 14.9 Å². The van der Waals surface area contributed by atoms with Crippen LogP contribution in [0.3, 0.4) is 0 Å². The van der Waals surface area contributed by atoms with Crippen molar-refractivity contribution in [1.82, 2.24) is 9.80 Å². The maximum atomic E-state index is 12.7. The molecule has 1 saturated heterocycles. The zero-order valence-electron chi connectivity index (χ0n) is 13.9. The fourth-order valence-electron chi connectivity index (χ4n) is 2.96. The second kappa shape index (κ2) is 7.66. The predicted octanol–water partition coefficient (Wildman–Crippen LogP) is 3.05. The van der Waals surface area contributed by atoms with Crippen molar-refractivity contribution in [1.29, 1.82) is 0 Å². The van der Waals surface area contributed by atoms with Crippen molar-refractivity contribution in [3.63, 3.8) is 0 Å². The van der Waals surface area contributed by atoms with Crippen LogP contribution in [0.15, 0.2) is 0 Å². The van der Waals surface area contributed by atoms with Crippen LogP contribution >= 0.6 is 0 Å². The first-order chi connectivity index (χ1) is 9.90. The smallest absolute Gasteiger partial charge is 0.320 e. The first kappa shape index (κ1) is 17.8. The van der Waals surface area contributed by atoms with Gasteiger partial charge in [-0.25, -0.2) is 4.79 Å². The minimum atomic E-state index is -0.771. The number of aliphatic carboxylic acids is 1. The molecule has 2 amide bonds. The summed E-state index contributed by atoms with van der Waals surface area (Å²) in [6.45, 7) is 10.6. The number of carboxylic acid groups (broad SMARTS) is 1. The molecule has 1 aliphatic rings. The van der Waals surface area contributed by atoms with Gasteiger partial charge in [-0.05, 0) is 32.1 Å². The third kappa shape index (κ3) is 4.11. The van der Waals surface area contributed by atoms with Crippen LogP contribution < -0.4 is 0 Å². The average molecular weight is 298 g/mol. The highest BCUT2D eigenvalue weighted by atomic mass is 16.4. The topological polar surface area (TPSA) is 60.9 Å². The van der Waals surface area contributed by atoms with E-state index in [4.69, 9.17) is 0 Å². The summed E-state index contributed by atoms with van der Waals surface area (Å²) in [6, 6.07) is -0.00317. The van der Waals surface area contributed by atoms with Crippen LogP contribution in [0.25, 0.3) is 0 Å². The van der Waals surface area contributed by atoms with Crippen LogP contribution in [0, 0.1) is 11.3 Å². The summed E-state index contributed by atoms with van der Waals surface area (Å²) in [4.78, 5) is 27.8. The molecule has 1 rings (SSSR count). The Morgan fingerprint density at radius 2 is 2.00 bits per heavy atom. The molecule has 2 atom stereocenters. The van der Waals surface area contributed by atoms with Crippen LogP contribution in [0.1, 0.15) is 53.4 Å². The molecule has 5 heteroatoms. The quantitative estimate of drug-likeness (QED) is 0.820. The van der Waals surface area contributed by atoms with E-state index in [1.807, 2.05) is 18.7 Å². The Morgan fingerprint density at radius 1 is 1.33 bits per heavy atom. The van der Waals surface area contributed by atoms with Gasteiger partial charge in [0.25, 0.3) is 0 Å². The van der Waals surface area contributed by atoms with Crippen molar-refractivity contribution < 1.29 is 14.7 Å². The van der Waals surface area contributed by atoms with Crippen molar-refractivity contribution in [3.05, 3.63) is 0 Å². The summed E-state index contributed by atoms with van der Waals surface area (Å²) in [6.07, 6.45) is 3.05. The molecule has 0 aromatic carbocycles. The number of carboxylic acids is 1. The Balaban J connectivity index is 2.78. The molecule has 1 heterocycles. The zero-order chi connectivity index (χ0) is 16.0. The van der Waals surface area contributed by atoms with Crippen molar-refractivity contribution in [2.24, 2.45) is 11.3 Å². The summed E-state index contributed by atoms with van der Waals surface area (Å²) < 4.78 is 0. The summed E-state index contributed by atoms with van der Waals surface area (Å²) in [5.74, 6) is -0.304. The molecule has 5 nitrogen and oxygen atoms in total. The second-order valence-electron chi connectivity index (χ2n) is 6.30. The van der Waals surface area contributed by atoms with Gasteiger partial charge >= 0.3 is 12.0 Å². The molecule has 0 spiro atoms. The molecule has 0 aliphatic carbocycles. The molecule has 21 heavy (non-hydrogen) atoms. The molecule has 0 radical (unpaired) electrons. The van der Waals surface area contributed by atoms with E-state index in [0.717, 1.165) is 19.4 Å². The lowest BCUT2D eigenvalue weighted by molar-refractivity contribution is -0.152. The van der Waals surface area contributed by atoms with Gasteiger partial charge in [0, 0.05) is 26.2 Å². The molecular weight excluding hydrogens is 268 g/mol. The molecule has 0 aromatic rings. The fraction of sp³-hybridized carbons (Fsp3) is 0.875. The minimum absolute atomic E-state index is 0.00317. The van der Waals surface area contributed by atoms with E-state index in [0.29, 0.717) is 38.4 Å². The number of carbonyl (C=O) groups excluding carboxylic acids is 1. The highest BCUT2D eigenvalue weighted by molar-refractivity contribution is 5.78.